The monoisotopic (exact) mass is 290 g/mol. The molecule has 1 aliphatic rings. The summed E-state index contributed by atoms with van der Waals surface area (Å²) in [5, 5.41) is 8.56. The Hall–Kier alpha value is -1.30. The third kappa shape index (κ3) is 1.97. The van der Waals surface area contributed by atoms with E-state index in [1.165, 1.54) is 0 Å². The molecule has 6 heteroatoms. The van der Waals surface area contributed by atoms with Gasteiger partial charge in [-0.3, -0.25) is 4.79 Å². The molecule has 1 aromatic carbocycles. The SMILES string of the molecule is O=C(O)CCc1c(Br)cc2c(c1F)OCO2. The van der Waals surface area contributed by atoms with Crippen LogP contribution in [0.25, 0.3) is 0 Å². The van der Waals surface area contributed by atoms with Gasteiger partial charge in [0.1, 0.15) is 0 Å². The lowest BCUT2D eigenvalue weighted by Gasteiger charge is -2.07. The van der Waals surface area contributed by atoms with Gasteiger partial charge in [-0.15, -0.1) is 0 Å². The maximum absolute atomic E-state index is 13.9. The summed E-state index contributed by atoms with van der Waals surface area (Å²) >= 11 is 3.18. The van der Waals surface area contributed by atoms with Crippen LogP contribution in [-0.2, 0) is 11.2 Å². The van der Waals surface area contributed by atoms with Gasteiger partial charge in [-0.1, -0.05) is 15.9 Å². The number of halogens is 2. The summed E-state index contributed by atoms with van der Waals surface area (Å²) in [6.45, 7) is -0.0128. The van der Waals surface area contributed by atoms with Gasteiger partial charge in [0.05, 0.1) is 0 Å². The summed E-state index contributed by atoms with van der Waals surface area (Å²) in [5.41, 5.74) is 0.298. The Kier molecular flexibility index (Phi) is 3.00. The number of carbonyl (C=O) groups is 1. The molecule has 86 valence electrons. The maximum Gasteiger partial charge on any atom is 0.303 e. The van der Waals surface area contributed by atoms with E-state index in [-0.39, 0.29) is 25.4 Å². The molecule has 0 spiro atoms. The lowest BCUT2D eigenvalue weighted by atomic mass is 10.1. The van der Waals surface area contributed by atoms with E-state index in [0.29, 0.717) is 15.8 Å². The van der Waals surface area contributed by atoms with Gasteiger partial charge in [0.2, 0.25) is 12.5 Å². The molecule has 2 rings (SSSR count). The molecule has 0 saturated carbocycles. The van der Waals surface area contributed by atoms with Gasteiger partial charge >= 0.3 is 5.97 Å². The van der Waals surface area contributed by atoms with Crippen molar-refractivity contribution in [2.45, 2.75) is 12.8 Å². The fourth-order valence-electron chi connectivity index (χ4n) is 1.47. The van der Waals surface area contributed by atoms with Crippen LogP contribution >= 0.6 is 15.9 Å². The third-order valence-corrected chi connectivity index (χ3v) is 2.95. The van der Waals surface area contributed by atoms with Crippen molar-refractivity contribution in [3.8, 4) is 11.5 Å². The minimum atomic E-state index is -0.969. The zero-order chi connectivity index (χ0) is 11.7. The van der Waals surface area contributed by atoms with E-state index in [1.54, 1.807) is 6.07 Å². The van der Waals surface area contributed by atoms with Crippen molar-refractivity contribution in [1.82, 2.24) is 0 Å². The summed E-state index contributed by atoms with van der Waals surface area (Å²) in [6.07, 6.45) is -0.0203. The average molecular weight is 291 g/mol. The molecule has 0 atom stereocenters. The molecule has 0 aliphatic carbocycles. The first kappa shape index (κ1) is 11.2. The number of aliphatic carboxylic acids is 1. The molecular weight excluding hydrogens is 283 g/mol. The van der Waals surface area contributed by atoms with E-state index in [1.807, 2.05) is 0 Å². The van der Waals surface area contributed by atoms with Gasteiger partial charge in [-0.2, -0.15) is 0 Å². The quantitative estimate of drug-likeness (QED) is 0.928. The fraction of sp³-hybridized carbons (Fsp3) is 0.300. The first-order valence-corrected chi connectivity index (χ1v) is 5.37. The largest absolute Gasteiger partial charge is 0.481 e. The van der Waals surface area contributed by atoms with Crippen molar-refractivity contribution in [3.05, 3.63) is 21.9 Å². The third-order valence-electron chi connectivity index (χ3n) is 2.24. The smallest absolute Gasteiger partial charge is 0.303 e. The number of rotatable bonds is 3. The number of fused-ring (bicyclic) bond motifs is 1. The highest BCUT2D eigenvalue weighted by Gasteiger charge is 2.23. The molecular formula is C10H8BrFO4. The summed E-state index contributed by atoms with van der Waals surface area (Å²) in [4.78, 5) is 10.4. The average Bonchev–Trinajstić information content (AvgIpc) is 2.64. The maximum atomic E-state index is 13.9. The Morgan fingerprint density at radius 2 is 2.31 bits per heavy atom. The van der Waals surface area contributed by atoms with Gasteiger partial charge in [0, 0.05) is 16.5 Å². The number of carboxylic acid groups (broad SMARTS) is 1. The second kappa shape index (κ2) is 4.29. The Labute approximate surface area is 99.1 Å². The van der Waals surface area contributed by atoms with E-state index in [0.717, 1.165) is 0 Å². The van der Waals surface area contributed by atoms with E-state index in [4.69, 9.17) is 14.6 Å². The van der Waals surface area contributed by atoms with Crippen LogP contribution in [0.15, 0.2) is 10.5 Å². The summed E-state index contributed by atoms with van der Waals surface area (Å²) in [5.74, 6) is -1.13. The van der Waals surface area contributed by atoms with Crippen LogP contribution in [0.5, 0.6) is 11.5 Å². The van der Waals surface area contributed by atoms with E-state index < -0.39 is 11.8 Å². The van der Waals surface area contributed by atoms with Gasteiger partial charge < -0.3 is 14.6 Å². The molecule has 0 fully saturated rings. The van der Waals surface area contributed by atoms with Gasteiger partial charge in [0.25, 0.3) is 0 Å². The highest BCUT2D eigenvalue weighted by Crippen LogP contribution is 2.40. The number of ether oxygens (including phenoxy) is 2. The van der Waals surface area contributed by atoms with Gasteiger partial charge in [-0.25, -0.2) is 4.39 Å². The van der Waals surface area contributed by atoms with Crippen LogP contribution < -0.4 is 9.47 Å². The second-order valence-electron chi connectivity index (χ2n) is 3.28. The van der Waals surface area contributed by atoms with Gasteiger partial charge in [-0.05, 0) is 12.5 Å². The summed E-state index contributed by atoms with van der Waals surface area (Å²) in [7, 11) is 0. The Morgan fingerprint density at radius 3 is 3.00 bits per heavy atom. The van der Waals surface area contributed by atoms with Crippen LogP contribution in [0.1, 0.15) is 12.0 Å². The number of benzene rings is 1. The van der Waals surface area contributed by atoms with Crippen molar-refractivity contribution in [1.29, 1.82) is 0 Å². The summed E-state index contributed by atoms with van der Waals surface area (Å²) in [6, 6.07) is 1.59. The first-order chi connectivity index (χ1) is 7.59. The van der Waals surface area contributed by atoms with Crippen LogP contribution in [-0.4, -0.2) is 17.9 Å². The predicted octanol–water partition coefficient (Wildman–Crippen LogP) is 2.33. The molecule has 0 unspecified atom stereocenters. The van der Waals surface area contributed by atoms with Crippen molar-refractivity contribution < 1.29 is 23.8 Å². The van der Waals surface area contributed by atoms with E-state index in [2.05, 4.69) is 15.9 Å². The lowest BCUT2D eigenvalue weighted by Crippen LogP contribution is -2.01. The normalized spacial score (nSPS) is 12.9. The Bertz CT molecular complexity index is 447. The summed E-state index contributed by atoms with van der Waals surface area (Å²) < 4.78 is 24.4. The van der Waals surface area contributed by atoms with Crippen molar-refractivity contribution in [3.63, 3.8) is 0 Å². The van der Waals surface area contributed by atoms with Crippen LogP contribution in [0.2, 0.25) is 0 Å². The molecule has 1 heterocycles. The van der Waals surface area contributed by atoms with Crippen molar-refractivity contribution in [2.75, 3.05) is 6.79 Å². The van der Waals surface area contributed by atoms with Crippen LogP contribution in [0.3, 0.4) is 0 Å². The minimum Gasteiger partial charge on any atom is -0.481 e. The highest BCUT2D eigenvalue weighted by molar-refractivity contribution is 9.10. The van der Waals surface area contributed by atoms with E-state index >= 15 is 0 Å². The zero-order valence-electron chi connectivity index (χ0n) is 8.13. The second-order valence-corrected chi connectivity index (χ2v) is 4.13. The molecule has 1 aliphatic heterocycles. The molecule has 0 aromatic heterocycles. The molecule has 1 aromatic rings. The van der Waals surface area contributed by atoms with Crippen molar-refractivity contribution in [2.24, 2.45) is 0 Å². The Morgan fingerprint density at radius 1 is 1.56 bits per heavy atom. The molecule has 0 bridgehead atoms. The molecule has 0 radical (unpaired) electrons. The van der Waals surface area contributed by atoms with Crippen LogP contribution in [0.4, 0.5) is 4.39 Å². The predicted molar refractivity (Wildman–Crippen MR) is 56.2 cm³/mol. The number of hydrogen-bond acceptors (Lipinski definition) is 3. The first-order valence-electron chi connectivity index (χ1n) is 4.58. The number of hydrogen-bond donors (Lipinski definition) is 1. The van der Waals surface area contributed by atoms with Gasteiger partial charge in [0.15, 0.2) is 11.6 Å². The van der Waals surface area contributed by atoms with Crippen LogP contribution in [0, 0.1) is 5.82 Å². The molecule has 0 saturated heterocycles. The standard InChI is InChI=1S/C10H8BrFO4/c11-6-3-7-10(16-4-15-7)9(12)5(6)1-2-8(13)14/h3H,1-2,4H2,(H,13,14). The van der Waals surface area contributed by atoms with Crippen molar-refractivity contribution >= 4 is 21.9 Å². The minimum absolute atomic E-state index is 0.0128. The topological polar surface area (TPSA) is 55.8 Å². The Balaban J connectivity index is 2.34. The molecule has 16 heavy (non-hydrogen) atoms. The van der Waals surface area contributed by atoms with E-state index in [9.17, 15) is 9.18 Å². The molecule has 1 N–H and O–H groups in total. The molecule has 4 nitrogen and oxygen atoms in total. The zero-order valence-corrected chi connectivity index (χ0v) is 9.71. The lowest BCUT2D eigenvalue weighted by molar-refractivity contribution is -0.136. The highest BCUT2D eigenvalue weighted by atomic mass is 79.9. The molecule has 0 amide bonds. The fourth-order valence-corrected chi connectivity index (χ4v) is 2.05. The number of carboxylic acids is 1.